The molecule has 0 aliphatic carbocycles. The van der Waals surface area contributed by atoms with Crippen LogP contribution >= 0.6 is 47.2 Å². The van der Waals surface area contributed by atoms with Crippen molar-refractivity contribution in [1.29, 1.82) is 0 Å². The van der Waals surface area contributed by atoms with Crippen LogP contribution in [-0.2, 0) is 13.6 Å². The summed E-state index contributed by atoms with van der Waals surface area (Å²) >= 11 is 12.3. The van der Waals surface area contributed by atoms with Crippen LogP contribution in [0.4, 0.5) is 0 Å². The average molecular weight is 571 g/mol. The van der Waals surface area contributed by atoms with Crippen LogP contribution in [-0.4, -0.2) is 72.2 Å². The van der Waals surface area contributed by atoms with E-state index < -0.39 is 0 Å². The minimum absolute atomic E-state index is 0. The molecule has 0 saturated carbocycles. The van der Waals surface area contributed by atoms with Crippen molar-refractivity contribution in [2.24, 2.45) is 12.0 Å². The summed E-state index contributed by atoms with van der Waals surface area (Å²) in [6, 6.07) is 1.89. The van der Waals surface area contributed by atoms with E-state index in [9.17, 15) is 0 Å². The predicted molar refractivity (Wildman–Crippen MR) is 139 cm³/mol. The molecule has 0 bridgehead atoms. The monoisotopic (exact) mass is 570 g/mol. The highest BCUT2D eigenvalue weighted by Gasteiger charge is 2.39. The van der Waals surface area contributed by atoms with Crippen LogP contribution in [0.1, 0.15) is 44.7 Å². The third kappa shape index (κ3) is 6.40. The fourth-order valence-corrected chi connectivity index (χ4v) is 4.91. The molecule has 2 fully saturated rings. The Bertz CT molecular complexity index is 694. The lowest BCUT2D eigenvalue weighted by Gasteiger charge is -2.50. The number of hydrogen-bond acceptors (Lipinski definition) is 3. The van der Waals surface area contributed by atoms with Gasteiger partial charge in [-0.3, -0.25) is 4.90 Å². The number of rotatable bonds is 6. The highest BCUT2D eigenvalue weighted by Crippen LogP contribution is 2.31. The fraction of sp³-hybridized carbons (Fsp3) is 0.762. The van der Waals surface area contributed by atoms with Crippen molar-refractivity contribution in [1.82, 2.24) is 25.0 Å². The molecule has 0 amide bonds. The van der Waals surface area contributed by atoms with Crippen LogP contribution in [0.15, 0.2) is 11.1 Å². The minimum Gasteiger partial charge on any atom is -0.357 e. The van der Waals surface area contributed by atoms with E-state index in [1.54, 1.807) is 0 Å². The van der Waals surface area contributed by atoms with Crippen molar-refractivity contribution in [3.63, 3.8) is 0 Å². The normalized spacial score (nSPS) is 20.6. The molecule has 6 nitrogen and oxygen atoms in total. The highest BCUT2D eigenvalue weighted by molar-refractivity contribution is 14.0. The number of guanidine groups is 1. The van der Waals surface area contributed by atoms with Gasteiger partial charge in [0.25, 0.3) is 0 Å². The first-order chi connectivity index (χ1) is 13.9. The molecule has 2 aliphatic rings. The Morgan fingerprint density at radius 2 is 1.73 bits per heavy atom. The molecule has 2 N–H and O–H groups in total. The van der Waals surface area contributed by atoms with Crippen molar-refractivity contribution in [3.05, 3.63) is 21.9 Å². The van der Waals surface area contributed by atoms with E-state index in [2.05, 4.69) is 34.4 Å². The number of nitrogens with one attached hydrogen (secondary N) is 2. The van der Waals surface area contributed by atoms with Gasteiger partial charge in [0, 0.05) is 31.4 Å². The number of nitrogens with zero attached hydrogens (tertiary/aromatic N) is 4. The van der Waals surface area contributed by atoms with Crippen LogP contribution in [0.2, 0.25) is 10.2 Å². The second kappa shape index (κ2) is 12.1. The van der Waals surface area contributed by atoms with Crippen molar-refractivity contribution in [2.45, 2.75) is 51.1 Å². The molecular weight excluding hydrogens is 534 g/mol. The first-order valence-corrected chi connectivity index (χ1v) is 11.7. The van der Waals surface area contributed by atoms with Gasteiger partial charge in [-0.05, 0) is 71.9 Å². The Kier molecular flexibility index (Phi) is 10.5. The Balaban J connectivity index is 0.00000320. The smallest absolute Gasteiger partial charge is 0.191 e. The van der Waals surface area contributed by atoms with Crippen molar-refractivity contribution in [3.8, 4) is 0 Å². The molecule has 1 aromatic rings. The first-order valence-electron chi connectivity index (χ1n) is 10.9. The van der Waals surface area contributed by atoms with Crippen molar-refractivity contribution in [2.75, 3.05) is 46.3 Å². The summed E-state index contributed by atoms with van der Waals surface area (Å²) in [5.74, 6) is 0.858. The number of hydrogen-bond donors (Lipinski definition) is 2. The largest absolute Gasteiger partial charge is 0.357 e. The van der Waals surface area contributed by atoms with E-state index >= 15 is 0 Å². The van der Waals surface area contributed by atoms with Gasteiger partial charge >= 0.3 is 0 Å². The summed E-state index contributed by atoms with van der Waals surface area (Å²) in [6.07, 6.45) is 6.42. The van der Waals surface area contributed by atoms with Gasteiger partial charge in [-0.2, -0.15) is 0 Å². The van der Waals surface area contributed by atoms with E-state index in [-0.39, 0.29) is 29.5 Å². The molecule has 9 heteroatoms. The molecule has 0 unspecified atom stereocenters. The Morgan fingerprint density at radius 1 is 1.07 bits per heavy atom. The lowest BCUT2D eigenvalue weighted by Crippen LogP contribution is -2.62. The van der Waals surface area contributed by atoms with Crippen LogP contribution < -0.4 is 10.6 Å². The lowest BCUT2D eigenvalue weighted by atomic mass is 9.84. The van der Waals surface area contributed by atoms with Crippen LogP contribution in [0.3, 0.4) is 0 Å². The summed E-state index contributed by atoms with van der Waals surface area (Å²) in [6.45, 7) is 9.17. The molecular formula is C21H37Cl2IN6. The van der Waals surface area contributed by atoms with Gasteiger partial charge < -0.3 is 20.1 Å². The van der Waals surface area contributed by atoms with Gasteiger partial charge in [-0.25, -0.2) is 4.99 Å². The van der Waals surface area contributed by atoms with Gasteiger partial charge in [0.15, 0.2) is 5.96 Å². The van der Waals surface area contributed by atoms with Gasteiger partial charge in [-0.15, -0.1) is 24.0 Å². The second-order valence-corrected chi connectivity index (χ2v) is 9.22. The summed E-state index contributed by atoms with van der Waals surface area (Å²) in [7, 11) is 4.15. The molecule has 3 rings (SSSR count). The topological polar surface area (TPSA) is 47.8 Å². The molecule has 0 spiro atoms. The van der Waals surface area contributed by atoms with Gasteiger partial charge in [0.05, 0.1) is 11.6 Å². The van der Waals surface area contributed by atoms with Crippen molar-refractivity contribution < 1.29 is 0 Å². The molecule has 0 atom stereocenters. The van der Waals surface area contributed by atoms with Gasteiger partial charge in [0.1, 0.15) is 5.15 Å². The van der Waals surface area contributed by atoms with E-state index in [1.807, 2.05) is 17.7 Å². The molecule has 3 heterocycles. The SMILES string of the molecule is CCNC(=NCc1cc(Cl)c(Cl)n1C)NCC1(N2CCCCC2)CCN(C)CC1.I. The predicted octanol–water partition coefficient (Wildman–Crippen LogP) is 3.96. The quantitative estimate of drug-likeness (QED) is 0.309. The maximum absolute atomic E-state index is 6.20. The summed E-state index contributed by atoms with van der Waals surface area (Å²) in [5, 5.41) is 8.19. The maximum atomic E-state index is 6.20. The van der Waals surface area contributed by atoms with E-state index in [0.717, 1.165) is 37.8 Å². The molecule has 172 valence electrons. The zero-order chi connectivity index (χ0) is 20.9. The third-order valence-corrected chi connectivity index (χ3v) is 7.33. The third-order valence-electron chi connectivity index (χ3n) is 6.49. The number of piperidine rings is 2. The molecule has 1 aromatic heterocycles. The van der Waals surface area contributed by atoms with Crippen molar-refractivity contribution >= 4 is 53.1 Å². The average Bonchev–Trinajstić information content (AvgIpc) is 2.99. The maximum Gasteiger partial charge on any atom is 0.191 e. The number of likely N-dealkylation sites (tertiary alicyclic amines) is 2. The fourth-order valence-electron chi connectivity index (χ4n) is 4.50. The zero-order valence-corrected chi connectivity index (χ0v) is 22.4. The van der Waals surface area contributed by atoms with E-state index in [1.165, 1.54) is 45.2 Å². The molecule has 0 radical (unpaired) electrons. The highest BCUT2D eigenvalue weighted by atomic mass is 127. The number of halogens is 3. The van der Waals surface area contributed by atoms with Gasteiger partial charge in [0.2, 0.25) is 0 Å². The number of aromatic nitrogens is 1. The van der Waals surface area contributed by atoms with Crippen LogP contribution in [0.5, 0.6) is 0 Å². The van der Waals surface area contributed by atoms with Crippen LogP contribution in [0, 0.1) is 0 Å². The Morgan fingerprint density at radius 3 is 2.30 bits per heavy atom. The van der Waals surface area contributed by atoms with Crippen LogP contribution in [0.25, 0.3) is 0 Å². The molecule has 2 saturated heterocycles. The summed E-state index contributed by atoms with van der Waals surface area (Å²) in [4.78, 5) is 10.00. The van der Waals surface area contributed by atoms with E-state index in [0.29, 0.717) is 16.7 Å². The number of aliphatic imine (C=N–C) groups is 1. The van der Waals surface area contributed by atoms with E-state index in [4.69, 9.17) is 28.2 Å². The Hall–Kier alpha value is -0.220. The molecule has 30 heavy (non-hydrogen) atoms. The minimum atomic E-state index is 0. The first kappa shape index (κ1) is 26.0. The standard InChI is InChI=1S/C21H36Cl2N6.HI/c1-4-24-20(25-15-17-14-18(22)19(23)28(17)3)26-16-21(8-12-27(2)13-9-21)29-10-6-5-7-11-29;/h14H,4-13,15-16H2,1-3H3,(H2,24,25,26);1H. The molecule has 2 aliphatic heterocycles. The zero-order valence-electron chi connectivity index (χ0n) is 18.5. The second-order valence-electron chi connectivity index (χ2n) is 8.46. The molecule has 0 aromatic carbocycles. The lowest BCUT2D eigenvalue weighted by molar-refractivity contribution is 0.0173. The summed E-state index contributed by atoms with van der Waals surface area (Å²) < 4.78 is 1.89. The Labute approximate surface area is 208 Å². The summed E-state index contributed by atoms with van der Waals surface area (Å²) in [5.41, 5.74) is 1.23. The van der Waals surface area contributed by atoms with Gasteiger partial charge in [-0.1, -0.05) is 29.6 Å².